The van der Waals surface area contributed by atoms with E-state index in [4.69, 9.17) is 28.3 Å². The highest BCUT2D eigenvalue weighted by molar-refractivity contribution is 6.32. The number of carbonyl (C=O) groups is 1. The van der Waals surface area contributed by atoms with Gasteiger partial charge in [-0.25, -0.2) is 9.59 Å². The Balaban J connectivity index is 2.22. The van der Waals surface area contributed by atoms with Crippen LogP contribution in [-0.2, 0) is 5.41 Å². The molecule has 0 aliphatic heterocycles. The van der Waals surface area contributed by atoms with E-state index < -0.39 is 28.3 Å². The number of hydrogen-bond acceptors (Lipinski definition) is 5. The second-order valence-corrected chi connectivity index (χ2v) is 7.53. The van der Waals surface area contributed by atoms with Crippen LogP contribution in [0.25, 0.3) is 5.69 Å². The van der Waals surface area contributed by atoms with Crippen molar-refractivity contribution in [1.82, 2.24) is 14.8 Å². The summed E-state index contributed by atoms with van der Waals surface area (Å²) < 4.78 is 0.752. The molecule has 8 nitrogen and oxygen atoms in total. The highest BCUT2D eigenvalue weighted by atomic mass is 35.5. The molecule has 2 N–H and O–H groups in total. The van der Waals surface area contributed by atoms with E-state index in [0.717, 1.165) is 4.68 Å². The molecule has 2 aromatic carbocycles. The van der Waals surface area contributed by atoms with E-state index in [1.165, 1.54) is 6.07 Å². The van der Waals surface area contributed by atoms with Gasteiger partial charge in [0.15, 0.2) is 0 Å². The van der Waals surface area contributed by atoms with Crippen molar-refractivity contribution in [2.24, 2.45) is 0 Å². The first-order valence-electron chi connectivity index (χ1n) is 8.53. The molecule has 152 valence electrons. The van der Waals surface area contributed by atoms with E-state index in [0.29, 0.717) is 21.7 Å². The summed E-state index contributed by atoms with van der Waals surface area (Å²) in [5.41, 5.74) is -2.19. The van der Waals surface area contributed by atoms with E-state index >= 15 is 0 Å². The molecule has 0 spiro atoms. The molecule has 1 aromatic heterocycles. The van der Waals surface area contributed by atoms with Gasteiger partial charge in [-0.15, -0.1) is 0 Å². The number of aromatic carboxylic acids is 1. The lowest BCUT2D eigenvalue weighted by molar-refractivity contribution is 0.0685. The predicted molar refractivity (Wildman–Crippen MR) is 111 cm³/mol. The van der Waals surface area contributed by atoms with Gasteiger partial charge in [-0.3, -0.25) is 9.78 Å². The normalized spacial score (nSPS) is 12.8. The maximum absolute atomic E-state index is 12.2. The molecule has 1 atom stereocenters. The van der Waals surface area contributed by atoms with Gasteiger partial charge in [-0.2, -0.15) is 15.0 Å². The third-order valence-electron chi connectivity index (χ3n) is 4.73. The minimum Gasteiger partial charge on any atom is -0.476 e. The Labute approximate surface area is 179 Å². The van der Waals surface area contributed by atoms with Crippen LogP contribution in [0, 0.1) is 18.3 Å². The maximum Gasteiger partial charge on any atom is 0.362 e. The number of aromatic amines is 1. The number of carboxylic acid groups (broad SMARTS) is 1. The highest BCUT2D eigenvalue weighted by Crippen LogP contribution is 2.38. The Hall–Kier alpha value is -3.41. The van der Waals surface area contributed by atoms with Crippen molar-refractivity contribution in [2.45, 2.75) is 19.3 Å². The molecule has 3 rings (SSSR count). The number of H-pyrrole nitrogens is 1. The van der Waals surface area contributed by atoms with E-state index in [9.17, 15) is 19.6 Å². The van der Waals surface area contributed by atoms with Crippen molar-refractivity contribution < 1.29 is 9.90 Å². The number of aromatic nitrogens is 3. The Morgan fingerprint density at radius 1 is 1.23 bits per heavy atom. The van der Waals surface area contributed by atoms with Crippen LogP contribution in [0.4, 0.5) is 0 Å². The summed E-state index contributed by atoms with van der Waals surface area (Å²) in [5.74, 6) is -1.58. The lowest BCUT2D eigenvalue weighted by Crippen LogP contribution is -2.36. The zero-order valence-electron chi connectivity index (χ0n) is 15.7. The van der Waals surface area contributed by atoms with E-state index in [2.05, 4.69) is 11.2 Å². The van der Waals surface area contributed by atoms with Crippen LogP contribution < -0.4 is 11.2 Å². The molecule has 0 radical (unpaired) electrons. The molecular weight excluding hydrogens is 431 g/mol. The standard InChI is InChI=1S/C20H14Cl2N4O4/c1-10-7-13(20(2,9-23)11-3-5-12(21)6-4-11)14(22)8-15(10)26-19(30)24-17(27)16(25-26)18(28)29/h3-8H,1-2H3,(H,28,29)(H,24,27,30). The van der Waals surface area contributed by atoms with Crippen molar-refractivity contribution in [3.05, 3.63) is 89.7 Å². The fraction of sp³-hybridized carbons (Fsp3) is 0.150. The number of rotatable bonds is 4. The van der Waals surface area contributed by atoms with Gasteiger partial charge in [0, 0.05) is 10.0 Å². The number of hydrogen-bond donors (Lipinski definition) is 2. The smallest absolute Gasteiger partial charge is 0.362 e. The molecule has 1 unspecified atom stereocenters. The lowest BCUT2D eigenvalue weighted by atomic mass is 9.77. The monoisotopic (exact) mass is 444 g/mol. The number of nitrogens with zero attached hydrogens (tertiary/aromatic N) is 3. The van der Waals surface area contributed by atoms with Crippen LogP contribution in [0.1, 0.15) is 34.1 Å². The molecule has 0 fully saturated rings. The molecule has 0 aliphatic rings. The average Bonchev–Trinajstić information content (AvgIpc) is 2.69. The van der Waals surface area contributed by atoms with Gasteiger partial charge in [0.25, 0.3) is 5.56 Å². The van der Waals surface area contributed by atoms with E-state index in [1.807, 2.05) is 4.98 Å². The lowest BCUT2D eigenvalue weighted by Gasteiger charge is -2.25. The molecule has 10 heteroatoms. The summed E-state index contributed by atoms with van der Waals surface area (Å²) in [6.45, 7) is 3.35. The van der Waals surface area contributed by atoms with Gasteiger partial charge in [0.1, 0.15) is 5.41 Å². The van der Waals surface area contributed by atoms with Gasteiger partial charge in [0.05, 0.1) is 11.8 Å². The Bertz CT molecular complexity index is 1320. The van der Waals surface area contributed by atoms with E-state index in [1.54, 1.807) is 44.2 Å². The second-order valence-electron chi connectivity index (χ2n) is 6.69. The summed E-state index contributed by atoms with van der Waals surface area (Å²) >= 11 is 12.4. The minimum atomic E-state index is -1.58. The van der Waals surface area contributed by atoms with Crippen LogP contribution in [0.2, 0.25) is 10.0 Å². The molecule has 0 bridgehead atoms. The summed E-state index contributed by atoms with van der Waals surface area (Å²) in [5, 5.41) is 23.4. The van der Waals surface area contributed by atoms with Crippen LogP contribution in [-0.4, -0.2) is 25.8 Å². The largest absolute Gasteiger partial charge is 0.476 e. The quantitative estimate of drug-likeness (QED) is 0.635. The van der Waals surface area contributed by atoms with Crippen LogP contribution in [0.3, 0.4) is 0 Å². The zero-order valence-corrected chi connectivity index (χ0v) is 17.2. The number of nitriles is 1. The number of benzene rings is 2. The third kappa shape index (κ3) is 3.61. The number of halogens is 2. The molecule has 0 saturated heterocycles. The van der Waals surface area contributed by atoms with Crippen molar-refractivity contribution in [3.8, 4) is 11.8 Å². The second kappa shape index (κ2) is 7.78. The summed E-state index contributed by atoms with van der Waals surface area (Å²) in [6.07, 6.45) is 0. The van der Waals surface area contributed by atoms with Crippen molar-refractivity contribution in [3.63, 3.8) is 0 Å². The molecule has 0 amide bonds. The van der Waals surface area contributed by atoms with Gasteiger partial charge in [-0.1, -0.05) is 41.4 Å². The third-order valence-corrected chi connectivity index (χ3v) is 5.29. The summed E-state index contributed by atoms with van der Waals surface area (Å²) in [7, 11) is 0. The predicted octanol–water partition coefficient (Wildman–Crippen LogP) is 3.06. The van der Waals surface area contributed by atoms with Crippen LogP contribution in [0.15, 0.2) is 46.0 Å². The van der Waals surface area contributed by atoms with Gasteiger partial charge >= 0.3 is 11.7 Å². The van der Waals surface area contributed by atoms with Gasteiger partial charge in [0.2, 0.25) is 5.69 Å². The number of carboxylic acids is 1. The van der Waals surface area contributed by atoms with Crippen LogP contribution >= 0.6 is 23.2 Å². The first kappa shape index (κ1) is 21.3. The Morgan fingerprint density at radius 2 is 1.87 bits per heavy atom. The van der Waals surface area contributed by atoms with Crippen molar-refractivity contribution in [1.29, 1.82) is 5.26 Å². The first-order chi connectivity index (χ1) is 14.1. The average molecular weight is 445 g/mol. The summed E-state index contributed by atoms with van der Waals surface area (Å²) in [6, 6.07) is 12.1. The zero-order chi connectivity index (χ0) is 22.2. The summed E-state index contributed by atoms with van der Waals surface area (Å²) in [4.78, 5) is 37.0. The molecular formula is C20H14Cl2N4O4. The Morgan fingerprint density at radius 3 is 2.43 bits per heavy atom. The molecule has 0 saturated carbocycles. The SMILES string of the molecule is Cc1cc(C(C)(C#N)c2ccc(Cl)cc2)c(Cl)cc1-n1nc(C(=O)O)c(=O)[nH]c1=O. The minimum absolute atomic E-state index is 0.159. The van der Waals surface area contributed by atoms with Crippen LogP contribution in [0.5, 0.6) is 0 Å². The molecule has 1 heterocycles. The van der Waals surface area contributed by atoms with E-state index in [-0.39, 0.29) is 10.7 Å². The highest BCUT2D eigenvalue weighted by Gasteiger charge is 2.32. The number of nitrogens with one attached hydrogen (secondary N) is 1. The molecule has 3 aromatic rings. The van der Waals surface area contributed by atoms with Gasteiger partial charge < -0.3 is 5.11 Å². The number of aryl methyl sites for hydroxylation is 1. The Kier molecular flexibility index (Phi) is 5.53. The molecule has 30 heavy (non-hydrogen) atoms. The van der Waals surface area contributed by atoms with Crippen molar-refractivity contribution >= 4 is 29.2 Å². The maximum atomic E-state index is 12.2. The van der Waals surface area contributed by atoms with Gasteiger partial charge in [-0.05, 0) is 48.7 Å². The molecule has 0 aliphatic carbocycles. The fourth-order valence-electron chi connectivity index (χ4n) is 3.05. The first-order valence-corrected chi connectivity index (χ1v) is 9.29. The van der Waals surface area contributed by atoms with Crippen molar-refractivity contribution in [2.75, 3.05) is 0 Å². The topological polar surface area (TPSA) is 129 Å². The fourth-order valence-corrected chi connectivity index (χ4v) is 3.52.